The molecule has 0 aromatic heterocycles. The molecule has 0 unspecified atom stereocenters. The van der Waals surface area contributed by atoms with E-state index in [2.05, 4.69) is 10.2 Å². The Kier molecular flexibility index (Phi) is 35.8. The van der Waals surface area contributed by atoms with Crippen LogP contribution in [0.2, 0.25) is 0 Å². The first-order valence-corrected chi connectivity index (χ1v) is 13.3. The summed E-state index contributed by atoms with van der Waals surface area (Å²) in [6, 6.07) is 14.7. The van der Waals surface area contributed by atoms with Crippen molar-refractivity contribution in [2.75, 3.05) is 26.2 Å². The number of ketones is 3. The molecule has 1 amide bonds. The first-order valence-electron chi connectivity index (χ1n) is 12.8. The number of amides is 1. The molecule has 10 nitrogen and oxygen atoms in total. The van der Waals surface area contributed by atoms with Gasteiger partial charge in [-0.3, -0.25) is 24.1 Å². The van der Waals surface area contributed by atoms with Crippen LogP contribution >= 0.6 is 24.0 Å². The number of carbonyl (C=O) groups is 4. The summed E-state index contributed by atoms with van der Waals surface area (Å²) in [6.07, 6.45) is 3.33. The topological polar surface area (TPSA) is 180 Å². The summed E-state index contributed by atoms with van der Waals surface area (Å²) in [7, 11) is 0. The largest absolute Gasteiger partial charge is 1.00 e. The van der Waals surface area contributed by atoms with Crippen molar-refractivity contribution < 1.29 is 137 Å². The third kappa shape index (κ3) is 23.1. The van der Waals surface area contributed by atoms with Gasteiger partial charge in [-0.2, -0.15) is 0 Å². The average molecular weight is 690 g/mol. The van der Waals surface area contributed by atoms with Crippen LogP contribution in [0.3, 0.4) is 0 Å². The van der Waals surface area contributed by atoms with Crippen LogP contribution in [0, 0.1) is 0 Å². The zero-order valence-electron chi connectivity index (χ0n) is 25.1. The van der Waals surface area contributed by atoms with Gasteiger partial charge in [-0.1, -0.05) is 43.3 Å². The van der Waals surface area contributed by atoms with Crippen molar-refractivity contribution >= 4 is 53.7 Å². The van der Waals surface area contributed by atoms with E-state index < -0.39 is 5.91 Å². The van der Waals surface area contributed by atoms with Crippen molar-refractivity contribution in [2.24, 2.45) is 5.73 Å². The number of primary amides is 1. The number of nitrogens with two attached hydrogens (primary N) is 1. The number of Topliss-reactive ketones (excluding diaryl/α,β-unsaturated/α-hetero) is 3. The molecule has 2 heterocycles. The molecule has 0 bridgehead atoms. The molecule has 43 heavy (non-hydrogen) atoms. The summed E-state index contributed by atoms with van der Waals surface area (Å²) in [5, 5.41) is 11.2. The van der Waals surface area contributed by atoms with Crippen LogP contribution in [0.5, 0.6) is 0 Å². The first-order chi connectivity index (χ1) is 18.7. The fraction of sp³-hybridized carbons (Fsp3) is 0.414. The third-order valence-electron chi connectivity index (χ3n) is 5.97. The maximum absolute atomic E-state index is 11.2. The number of halogens is 2. The predicted molar refractivity (Wildman–Crippen MR) is 157 cm³/mol. The Labute approximate surface area is 350 Å². The molecule has 0 radical (unpaired) electrons. The van der Waals surface area contributed by atoms with E-state index >= 15 is 0 Å². The quantitative estimate of drug-likeness (QED) is 0.134. The van der Waals surface area contributed by atoms with Crippen molar-refractivity contribution in [3.05, 3.63) is 70.8 Å². The van der Waals surface area contributed by atoms with Crippen LogP contribution in [0.4, 0.5) is 0 Å². The van der Waals surface area contributed by atoms with Crippen molar-refractivity contribution in [1.82, 2.24) is 10.2 Å². The van der Waals surface area contributed by atoms with Gasteiger partial charge in [0.25, 0.3) is 0 Å². The summed E-state index contributed by atoms with van der Waals surface area (Å²) in [5.74, 6) is 1.03. The maximum Gasteiger partial charge on any atom is 1.00 e. The fourth-order valence-corrected chi connectivity index (χ4v) is 3.86. The van der Waals surface area contributed by atoms with Crippen LogP contribution in [0.25, 0.3) is 0 Å². The van der Waals surface area contributed by atoms with E-state index in [1.807, 2.05) is 43.3 Å². The van der Waals surface area contributed by atoms with Crippen molar-refractivity contribution in [3.63, 3.8) is 0 Å². The average Bonchev–Trinajstić information content (AvgIpc) is 2.96. The Bertz CT molecular complexity index is 1060. The van der Waals surface area contributed by atoms with Gasteiger partial charge in [0.2, 0.25) is 5.91 Å². The van der Waals surface area contributed by atoms with Gasteiger partial charge in [-0.25, -0.2) is 0 Å². The normalized spacial score (nSPS) is 13.4. The van der Waals surface area contributed by atoms with Crippen LogP contribution < -0.4 is 119 Å². The number of rotatable bonds is 6. The van der Waals surface area contributed by atoms with Crippen molar-refractivity contribution in [3.8, 4) is 0 Å². The minimum Gasteiger partial charge on any atom is -0.870 e. The Hall–Kier alpha value is 0.123. The molecule has 0 saturated carbocycles. The van der Waals surface area contributed by atoms with Crippen LogP contribution in [-0.4, -0.2) is 66.3 Å². The molecule has 14 heteroatoms. The SMILES string of the molecule is CCC(=O)c1ccc(CCl)cc1.Cl.NC(=O)c1ccc(CN2CCC(=O)CC2)cc1.O=C1CCNCC1.O=[C-][O-].[K+].[K+].[OH-]. The Morgan fingerprint density at radius 3 is 1.67 bits per heavy atom. The minimum atomic E-state index is -0.403. The second kappa shape index (κ2) is 30.8. The van der Waals surface area contributed by atoms with Gasteiger partial charge in [0, 0.05) is 81.8 Å². The number of nitrogens with zero attached hydrogens (tertiary/aromatic N) is 1. The Balaban J connectivity index is -0.000000258. The van der Waals surface area contributed by atoms with Gasteiger partial charge >= 0.3 is 103 Å². The monoisotopic (exact) mass is 688 g/mol. The second-order valence-electron chi connectivity index (χ2n) is 8.86. The predicted octanol–water partition coefficient (Wildman–Crippen LogP) is -3.56. The van der Waals surface area contributed by atoms with E-state index in [-0.39, 0.29) is 133 Å². The molecule has 2 aromatic carbocycles. The van der Waals surface area contributed by atoms with E-state index in [0.29, 0.717) is 42.3 Å². The minimum absolute atomic E-state index is 0. The summed E-state index contributed by atoms with van der Waals surface area (Å²) < 4.78 is 0. The van der Waals surface area contributed by atoms with Gasteiger partial charge in [-0.15, -0.1) is 24.0 Å². The Morgan fingerprint density at radius 2 is 1.30 bits per heavy atom. The number of hydrogen-bond donors (Lipinski definition) is 2. The summed E-state index contributed by atoms with van der Waals surface area (Å²) in [5.41, 5.74) is 8.67. The number of carbonyl (C=O) groups excluding carboxylic acids is 5. The number of likely N-dealkylation sites (tertiary alicyclic amines) is 1. The van der Waals surface area contributed by atoms with Gasteiger partial charge in [0.1, 0.15) is 11.6 Å². The zero-order chi connectivity index (χ0) is 29.0. The number of hydrogen-bond acceptors (Lipinski definition) is 9. The summed E-state index contributed by atoms with van der Waals surface area (Å²) >= 11 is 5.61. The van der Waals surface area contributed by atoms with E-state index in [1.54, 1.807) is 12.1 Å². The molecule has 2 aliphatic heterocycles. The van der Waals surface area contributed by atoms with Gasteiger partial charge in [0.15, 0.2) is 5.78 Å². The Morgan fingerprint density at radius 1 is 0.884 bits per heavy atom. The molecule has 2 aromatic rings. The number of alkyl halides is 1. The molecule has 4 rings (SSSR count). The zero-order valence-corrected chi connectivity index (χ0v) is 32.9. The molecule has 2 aliphatic rings. The van der Waals surface area contributed by atoms with Crippen molar-refractivity contribution in [1.29, 1.82) is 0 Å². The smallest absolute Gasteiger partial charge is 0.870 e. The molecule has 228 valence electrons. The van der Waals surface area contributed by atoms with Crippen LogP contribution in [-0.2, 0) is 26.8 Å². The molecule has 2 saturated heterocycles. The molecule has 0 spiro atoms. The molecule has 4 N–H and O–H groups in total. The fourth-order valence-electron chi connectivity index (χ4n) is 3.68. The summed E-state index contributed by atoms with van der Waals surface area (Å²) in [6.45, 7) is 6.37. The van der Waals surface area contributed by atoms with Crippen LogP contribution in [0.1, 0.15) is 70.9 Å². The van der Waals surface area contributed by atoms with Gasteiger partial charge < -0.3 is 32.9 Å². The first kappa shape index (κ1) is 50.0. The molecular weight excluding hydrogens is 651 g/mol. The molecule has 0 atom stereocenters. The van der Waals surface area contributed by atoms with Crippen molar-refractivity contribution in [2.45, 2.75) is 51.5 Å². The number of nitrogens with one attached hydrogen (secondary N) is 1. The van der Waals surface area contributed by atoms with Crippen LogP contribution in [0.15, 0.2) is 48.5 Å². The van der Waals surface area contributed by atoms with E-state index in [1.165, 1.54) is 0 Å². The van der Waals surface area contributed by atoms with E-state index in [9.17, 15) is 19.2 Å². The maximum atomic E-state index is 11.2. The number of benzene rings is 2. The third-order valence-corrected chi connectivity index (χ3v) is 6.28. The van der Waals surface area contributed by atoms with E-state index in [4.69, 9.17) is 27.2 Å². The molecule has 0 aliphatic carbocycles. The molecular formula is C29H38Cl2K2N3O7-. The number of piperidine rings is 2. The van der Waals surface area contributed by atoms with Gasteiger partial charge in [0.05, 0.1) is 0 Å². The van der Waals surface area contributed by atoms with E-state index in [0.717, 1.165) is 62.3 Å². The standard InChI is InChI=1S/C13H16N2O2.C10H11ClO.C5H9NO.CO2.ClH.2K.H2O/c14-13(17)11-3-1-10(2-4-11)9-15-7-5-12(16)6-8-15;1-2-10(12)9-5-3-8(7-11)4-6-9;7-5-1-3-6-4-2-5;2-1-3;;;;/h1-4H,5-9H2,(H2,14,17);3-6H,2,7H2,1H3;6H,1-4H2;;1H;;;1H2/q;;;-2;;2*+1;/p-1. The molecule has 2 fully saturated rings. The van der Waals surface area contributed by atoms with Gasteiger partial charge in [-0.05, 0) is 23.3 Å². The summed E-state index contributed by atoms with van der Waals surface area (Å²) in [4.78, 5) is 54.0. The second-order valence-corrected chi connectivity index (χ2v) is 9.12.